The van der Waals surface area contributed by atoms with Gasteiger partial charge in [0.25, 0.3) is 0 Å². The van der Waals surface area contributed by atoms with Gasteiger partial charge in [0.2, 0.25) is 5.91 Å². The number of nitrogens with one attached hydrogen (secondary N) is 2. The number of amides is 1. The second-order valence-corrected chi connectivity index (χ2v) is 6.35. The minimum absolute atomic E-state index is 0.0256. The lowest BCUT2D eigenvalue weighted by molar-refractivity contribution is -0.118. The van der Waals surface area contributed by atoms with E-state index in [1.807, 2.05) is 19.1 Å². The molecule has 1 spiro atoms. The van der Waals surface area contributed by atoms with E-state index in [2.05, 4.69) is 10.6 Å². The maximum absolute atomic E-state index is 12.5. The summed E-state index contributed by atoms with van der Waals surface area (Å²) < 4.78 is 4.83. The number of rotatable bonds is 3. The van der Waals surface area contributed by atoms with Crippen molar-refractivity contribution in [2.75, 3.05) is 25.5 Å². The van der Waals surface area contributed by atoms with Gasteiger partial charge in [0.05, 0.1) is 18.4 Å². The molecule has 2 fully saturated rings. The van der Waals surface area contributed by atoms with Crippen LogP contribution in [0, 0.1) is 18.3 Å². The molecule has 1 unspecified atom stereocenters. The minimum Gasteiger partial charge on any atom is -0.465 e. The molecule has 1 amide bonds. The van der Waals surface area contributed by atoms with Crippen LogP contribution in [0.4, 0.5) is 5.69 Å². The van der Waals surface area contributed by atoms with Gasteiger partial charge in [-0.1, -0.05) is 12.1 Å². The van der Waals surface area contributed by atoms with Crippen LogP contribution in [0.2, 0.25) is 0 Å². The predicted octanol–water partition coefficient (Wildman–Crippen LogP) is 2.11. The molecular weight excluding hydrogens is 280 g/mol. The van der Waals surface area contributed by atoms with Crippen molar-refractivity contribution in [3.05, 3.63) is 29.3 Å². The van der Waals surface area contributed by atoms with E-state index in [9.17, 15) is 9.59 Å². The van der Waals surface area contributed by atoms with E-state index in [0.717, 1.165) is 37.9 Å². The standard InChI is InChI=1S/C17H22N2O3/c1-11-4-3-5-13(14(11)16(21)22-2)19-15(20)12-10-17(12)6-8-18-9-7-17/h3-5,12,18H,6-10H2,1-2H3,(H,19,20). The first kappa shape index (κ1) is 15.0. The molecule has 0 bridgehead atoms. The van der Waals surface area contributed by atoms with Crippen molar-refractivity contribution in [1.29, 1.82) is 0 Å². The predicted molar refractivity (Wildman–Crippen MR) is 83.8 cm³/mol. The Kier molecular flexibility index (Phi) is 3.91. The number of piperidine rings is 1. The number of methoxy groups -OCH3 is 1. The van der Waals surface area contributed by atoms with Crippen LogP contribution in [0.5, 0.6) is 0 Å². The number of hydrogen-bond donors (Lipinski definition) is 2. The Morgan fingerprint density at radius 3 is 2.73 bits per heavy atom. The quantitative estimate of drug-likeness (QED) is 0.839. The van der Waals surface area contributed by atoms with E-state index in [1.54, 1.807) is 6.07 Å². The van der Waals surface area contributed by atoms with Gasteiger partial charge in [0.1, 0.15) is 0 Å². The van der Waals surface area contributed by atoms with E-state index in [0.29, 0.717) is 11.3 Å². The van der Waals surface area contributed by atoms with Crippen LogP contribution in [0.3, 0.4) is 0 Å². The number of aryl methyl sites for hydroxylation is 1. The summed E-state index contributed by atoms with van der Waals surface area (Å²) in [4.78, 5) is 24.5. The highest BCUT2D eigenvalue weighted by atomic mass is 16.5. The molecule has 1 atom stereocenters. The molecule has 1 aromatic carbocycles. The van der Waals surface area contributed by atoms with Gasteiger partial charge in [-0.25, -0.2) is 4.79 Å². The van der Waals surface area contributed by atoms with Crippen molar-refractivity contribution < 1.29 is 14.3 Å². The van der Waals surface area contributed by atoms with Crippen LogP contribution in [0.15, 0.2) is 18.2 Å². The molecule has 1 heterocycles. The summed E-state index contributed by atoms with van der Waals surface area (Å²) in [5.41, 5.74) is 1.98. The first-order valence-electron chi connectivity index (χ1n) is 7.77. The number of hydrogen-bond acceptors (Lipinski definition) is 4. The third kappa shape index (κ3) is 2.61. The van der Waals surface area contributed by atoms with Gasteiger partial charge >= 0.3 is 5.97 Å². The van der Waals surface area contributed by atoms with E-state index >= 15 is 0 Å². The lowest BCUT2D eigenvalue weighted by Crippen LogP contribution is -2.31. The van der Waals surface area contributed by atoms with Gasteiger partial charge in [-0.15, -0.1) is 0 Å². The largest absolute Gasteiger partial charge is 0.465 e. The second-order valence-electron chi connectivity index (χ2n) is 6.35. The average molecular weight is 302 g/mol. The summed E-state index contributed by atoms with van der Waals surface area (Å²) in [5.74, 6) is -0.320. The Hall–Kier alpha value is -1.88. The molecule has 1 saturated heterocycles. The monoisotopic (exact) mass is 302 g/mol. The number of anilines is 1. The Morgan fingerprint density at radius 1 is 1.32 bits per heavy atom. The molecule has 1 aromatic rings. The summed E-state index contributed by atoms with van der Waals surface area (Å²) in [6.07, 6.45) is 3.07. The van der Waals surface area contributed by atoms with Crippen molar-refractivity contribution in [2.24, 2.45) is 11.3 Å². The van der Waals surface area contributed by atoms with E-state index in [-0.39, 0.29) is 17.2 Å². The number of benzene rings is 1. The van der Waals surface area contributed by atoms with Crippen molar-refractivity contribution in [1.82, 2.24) is 5.32 Å². The second kappa shape index (κ2) is 5.72. The molecule has 2 N–H and O–H groups in total. The fourth-order valence-corrected chi connectivity index (χ4v) is 3.56. The lowest BCUT2D eigenvalue weighted by atomic mass is 9.91. The average Bonchev–Trinajstić information content (AvgIpc) is 3.21. The van der Waals surface area contributed by atoms with Crippen molar-refractivity contribution >= 4 is 17.6 Å². The molecule has 22 heavy (non-hydrogen) atoms. The summed E-state index contributed by atoms with van der Waals surface area (Å²) in [5, 5.41) is 6.28. The van der Waals surface area contributed by atoms with Gasteiger partial charge in [0, 0.05) is 5.92 Å². The van der Waals surface area contributed by atoms with Gasteiger partial charge < -0.3 is 15.4 Å². The molecule has 1 aliphatic heterocycles. The summed E-state index contributed by atoms with van der Waals surface area (Å²) in [7, 11) is 1.35. The Balaban J connectivity index is 1.75. The van der Waals surface area contributed by atoms with Crippen LogP contribution >= 0.6 is 0 Å². The summed E-state index contributed by atoms with van der Waals surface area (Å²) in [6, 6.07) is 5.44. The van der Waals surface area contributed by atoms with Crippen molar-refractivity contribution in [3.8, 4) is 0 Å². The number of carbonyl (C=O) groups is 2. The van der Waals surface area contributed by atoms with Crippen molar-refractivity contribution in [2.45, 2.75) is 26.2 Å². The zero-order valence-corrected chi connectivity index (χ0v) is 13.1. The molecule has 5 nitrogen and oxygen atoms in total. The third-order valence-corrected chi connectivity index (χ3v) is 5.03. The Labute approximate surface area is 130 Å². The van der Waals surface area contributed by atoms with Crippen LogP contribution in [-0.2, 0) is 9.53 Å². The molecule has 0 aromatic heterocycles. The molecule has 2 aliphatic rings. The highest BCUT2D eigenvalue weighted by molar-refractivity contribution is 6.03. The first-order chi connectivity index (χ1) is 10.6. The SMILES string of the molecule is COC(=O)c1c(C)cccc1NC(=O)C1CC12CCNCC2. The van der Waals surface area contributed by atoms with Crippen LogP contribution in [-0.4, -0.2) is 32.1 Å². The van der Waals surface area contributed by atoms with Crippen LogP contribution in [0.25, 0.3) is 0 Å². The third-order valence-electron chi connectivity index (χ3n) is 5.03. The topological polar surface area (TPSA) is 67.4 Å². The van der Waals surface area contributed by atoms with E-state index in [4.69, 9.17) is 4.74 Å². The Morgan fingerprint density at radius 2 is 2.05 bits per heavy atom. The summed E-state index contributed by atoms with van der Waals surface area (Å²) in [6.45, 7) is 3.82. The van der Waals surface area contributed by atoms with Gasteiger partial charge in [0.15, 0.2) is 0 Å². The van der Waals surface area contributed by atoms with Gasteiger partial charge in [-0.2, -0.15) is 0 Å². The first-order valence-corrected chi connectivity index (χ1v) is 7.77. The summed E-state index contributed by atoms with van der Waals surface area (Å²) >= 11 is 0. The number of esters is 1. The van der Waals surface area contributed by atoms with Gasteiger partial charge in [-0.05, 0) is 56.3 Å². The van der Waals surface area contributed by atoms with E-state index in [1.165, 1.54) is 7.11 Å². The van der Waals surface area contributed by atoms with Gasteiger partial charge in [-0.3, -0.25) is 4.79 Å². The molecule has 1 aliphatic carbocycles. The molecule has 5 heteroatoms. The van der Waals surface area contributed by atoms with Crippen molar-refractivity contribution in [3.63, 3.8) is 0 Å². The zero-order valence-electron chi connectivity index (χ0n) is 13.1. The number of ether oxygens (including phenoxy) is 1. The molecule has 1 saturated carbocycles. The smallest absolute Gasteiger partial charge is 0.340 e. The fourth-order valence-electron chi connectivity index (χ4n) is 3.56. The molecule has 118 valence electrons. The van der Waals surface area contributed by atoms with E-state index < -0.39 is 5.97 Å². The lowest BCUT2D eigenvalue weighted by Gasteiger charge is -2.23. The molecular formula is C17H22N2O3. The zero-order chi connectivity index (χ0) is 15.7. The maximum atomic E-state index is 12.5. The molecule has 0 radical (unpaired) electrons. The van der Waals surface area contributed by atoms with Crippen LogP contribution in [0.1, 0.15) is 35.2 Å². The maximum Gasteiger partial charge on any atom is 0.340 e. The highest BCUT2D eigenvalue weighted by Gasteiger charge is 2.57. The normalized spacial score (nSPS) is 22.2. The highest BCUT2D eigenvalue weighted by Crippen LogP contribution is 2.58. The van der Waals surface area contributed by atoms with Crippen LogP contribution < -0.4 is 10.6 Å². The fraction of sp³-hybridized carbons (Fsp3) is 0.529. The molecule has 3 rings (SSSR count). The number of carbonyl (C=O) groups excluding carboxylic acids is 2. The Bertz CT molecular complexity index is 606. The minimum atomic E-state index is -0.416.